The normalized spacial score (nSPS) is 21.2. The van der Waals surface area contributed by atoms with Crippen molar-refractivity contribution in [2.45, 2.75) is 32.2 Å². The number of hydrogen-bond donors (Lipinski definition) is 1. The van der Waals surface area contributed by atoms with E-state index in [1.54, 1.807) is 14.1 Å². The van der Waals surface area contributed by atoms with Gasteiger partial charge in [-0.25, -0.2) is 0 Å². The van der Waals surface area contributed by atoms with E-state index in [1.165, 1.54) is 8.61 Å². The fourth-order valence-electron chi connectivity index (χ4n) is 2.56. The first-order valence-corrected chi connectivity index (χ1v) is 8.87. The van der Waals surface area contributed by atoms with Crippen molar-refractivity contribution < 1.29 is 8.42 Å². The number of nitrogens with zero attached hydrogens (tertiary/aromatic N) is 3. The van der Waals surface area contributed by atoms with Crippen LogP contribution in [0.1, 0.15) is 26.2 Å². The largest absolute Gasteiger partial charge is 0.317 e. The maximum absolute atomic E-state index is 12.4. The van der Waals surface area contributed by atoms with Gasteiger partial charge in [0.2, 0.25) is 0 Å². The molecule has 0 aromatic heterocycles. The summed E-state index contributed by atoms with van der Waals surface area (Å²) in [6.45, 7) is 6.02. The third-order valence-corrected chi connectivity index (χ3v) is 5.91. The molecule has 1 aliphatic heterocycles. The molecule has 1 unspecified atom stereocenters. The molecule has 0 bridgehead atoms. The SMILES string of the molecule is CCNCCCN(C)S(=O)(=O)N(C)CC1CCCN1C. The molecule has 7 heteroatoms. The average Bonchev–Trinajstić information content (AvgIpc) is 2.80. The number of hydrogen-bond acceptors (Lipinski definition) is 4. The predicted molar refractivity (Wildman–Crippen MR) is 83.0 cm³/mol. The van der Waals surface area contributed by atoms with Crippen molar-refractivity contribution >= 4 is 10.2 Å². The topological polar surface area (TPSA) is 55.9 Å². The van der Waals surface area contributed by atoms with Crippen molar-refractivity contribution in [3.8, 4) is 0 Å². The number of likely N-dealkylation sites (tertiary alicyclic amines) is 1. The Morgan fingerprint density at radius 1 is 1.30 bits per heavy atom. The zero-order chi connectivity index (χ0) is 15.2. The lowest BCUT2D eigenvalue weighted by molar-refractivity contribution is 0.263. The molecule has 1 aliphatic rings. The molecule has 1 saturated heterocycles. The minimum absolute atomic E-state index is 0.352. The lowest BCUT2D eigenvalue weighted by Crippen LogP contribution is -2.45. The number of likely N-dealkylation sites (N-methyl/N-ethyl adjacent to an activating group) is 2. The van der Waals surface area contributed by atoms with E-state index < -0.39 is 10.2 Å². The van der Waals surface area contributed by atoms with Crippen LogP contribution in [0.15, 0.2) is 0 Å². The molecule has 20 heavy (non-hydrogen) atoms. The third-order valence-electron chi connectivity index (χ3n) is 4.00. The van der Waals surface area contributed by atoms with Crippen LogP contribution in [0, 0.1) is 0 Å². The molecule has 1 N–H and O–H groups in total. The van der Waals surface area contributed by atoms with Gasteiger partial charge in [-0.2, -0.15) is 17.0 Å². The average molecular weight is 306 g/mol. The number of rotatable bonds is 9. The van der Waals surface area contributed by atoms with Crippen LogP contribution < -0.4 is 5.32 Å². The van der Waals surface area contributed by atoms with Crippen LogP contribution in [0.25, 0.3) is 0 Å². The Morgan fingerprint density at radius 2 is 2.00 bits per heavy atom. The van der Waals surface area contributed by atoms with E-state index in [0.29, 0.717) is 19.1 Å². The van der Waals surface area contributed by atoms with Gasteiger partial charge in [-0.1, -0.05) is 6.92 Å². The Hall–Kier alpha value is -0.210. The molecule has 6 nitrogen and oxygen atoms in total. The first kappa shape index (κ1) is 17.8. The van der Waals surface area contributed by atoms with Gasteiger partial charge in [-0.3, -0.25) is 0 Å². The lowest BCUT2D eigenvalue weighted by atomic mass is 10.2. The van der Waals surface area contributed by atoms with Gasteiger partial charge < -0.3 is 10.2 Å². The maximum Gasteiger partial charge on any atom is 0.281 e. The second kappa shape index (κ2) is 8.29. The molecule has 0 aliphatic carbocycles. The molecule has 120 valence electrons. The highest BCUT2D eigenvalue weighted by Gasteiger charge is 2.29. The smallest absolute Gasteiger partial charge is 0.281 e. The lowest BCUT2D eigenvalue weighted by Gasteiger charge is -2.28. The summed E-state index contributed by atoms with van der Waals surface area (Å²) in [6.07, 6.45) is 3.08. The zero-order valence-electron chi connectivity index (χ0n) is 13.3. The summed E-state index contributed by atoms with van der Waals surface area (Å²) in [6, 6.07) is 0.352. The van der Waals surface area contributed by atoms with Crippen LogP contribution in [0.3, 0.4) is 0 Å². The second-order valence-electron chi connectivity index (χ2n) is 5.59. The van der Waals surface area contributed by atoms with Crippen LogP contribution in [-0.2, 0) is 10.2 Å². The highest BCUT2D eigenvalue weighted by molar-refractivity contribution is 7.86. The summed E-state index contributed by atoms with van der Waals surface area (Å²) in [4.78, 5) is 2.25. The minimum Gasteiger partial charge on any atom is -0.317 e. The Balaban J connectivity index is 2.44. The first-order chi connectivity index (χ1) is 9.39. The Labute approximate surface area is 124 Å². The fraction of sp³-hybridized carbons (Fsp3) is 1.00. The van der Waals surface area contributed by atoms with Crippen molar-refractivity contribution in [3.63, 3.8) is 0 Å². The van der Waals surface area contributed by atoms with Crippen LogP contribution in [0.4, 0.5) is 0 Å². The van der Waals surface area contributed by atoms with Crippen molar-refractivity contribution in [2.75, 3.05) is 53.9 Å². The van der Waals surface area contributed by atoms with E-state index in [-0.39, 0.29) is 0 Å². The van der Waals surface area contributed by atoms with E-state index in [0.717, 1.165) is 38.9 Å². The first-order valence-electron chi connectivity index (χ1n) is 7.48. The summed E-state index contributed by atoms with van der Waals surface area (Å²) in [5.41, 5.74) is 0. The molecule has 0 amide bonds. The molecule has 0 saturated carbocycles. The van der Waals surface area contributed by atoms with Gasteiger partial charge in [-0.15, -0.1) is 0 Å². The van der Waals surface area contributed by atoms with Crippen molar-refractivity contribution in [3.05, 3.63) is 0 Å². The third kappa shape index (κ3) is 4.96. The Morgan fingerprint density at radius 3 is 2.55 bits per heavy atom. The van der Waals surface area contributed by atoms with E-state index in [1.807, 2.05) is 6.92 Å². The standard InChI is InChI=1S/C13H30N4O2S/c1-5-14-9-7-11-16(3)20(18,19)17(4)12-13-8-6-10-15(13)2/h13-14H,5-12H2,1-4H3. The highest BCUT2D eigenvalue weighted by Crippen LogP contribution is 2.17. The molecule has 1 atom stereocenters. The summed E-state index contributed by atoms with van der Waals surface area (Å²) < 4.78 is 27.8. The highest BCUT2D eigenvalue weighted by atomic mass is 32.2. The molecular formula is C13H30N4O2S. The van der Waals surface area contributed by atoms with Crippen LogP contribution >= 0.6 is 0 Å². The summed E-state index contributed by atoms with van der Waals surface area (Å²) >= 11 is 0. The molecule has 0 aromatic rings. The molecule has 0 radical (unpaired) electrons. The quantitative estimate of drug-likeness (QED) is 0.618. The van der Waals surface area contributed by atoms with Gasteiger partial charge >= 0.3 is 0 Å². The van der Waals surface area contributed by atoms with E-state index in [9.17, 15) is 8.42 Å². The Kier molecular flexibility index (Phi) is 7.39. The minimum atomic E-state index is -3.32. The fourth-order valence-corrected chi connectivity index (χ4v) is 3.75. The van der Waals surface area contributed by atoms with Gasteiger partial charge in [0.25, 0.3) is 10.2 Å². The zero-order valence-corrected chi connectivity index (χ0v) is 14.1. The van der Waals surface area contributed by atoms with Gasteiger partial charge in [0.05, 0.1) is 0 Å². The van der Waals surface area contributed by atoms with E-state index in [2.05, 4.69) is 17.3 Å². The van der Waals surface area contributed by atoms with Crippen LogP contribution in [-0.4, -0.2) is 81.8 Å². The predicted octanol–water partition coefficient (Wildman–Crippen LogP) is 0.189. The van der Waals surface area contributed by atoms with Gasteiger partial charge in [0.15, 0.2) is 0 Å². The van der Waals surface area contributed by atoms with Crippen molar-refractivity contribution in [2.24, 2.45) is 0 Å². The maximum atomic E-state index is 12.4. The van der Waals surface area contributed by atoms with E-state index >= 15 is 0 Å². The molecule has 0 aromatic carbocycles. The summed E-state index contributed by atoms with van der Waals surface area (Å²) in [5, 5.41) is 3.21. The van der Waals surface area contributed by atoms with Crippen molar-refractivity contribution in [1.82, 2.24) is 18.8 Å². The Bertz CT molecular complexity index is 375. The van der Waals surface area contributed by atoms with Crippen LogP contribution in [0.5, 0.6) is 0 Å². The summed E-state index contributed by atoms with van der Waals surface area (Å²) in [5.74, 6) is 0. The summed E-state index contributed by atoms with van der Waals surface area (Å²) in [7, 11) is 2.09. The van der Waals surface area contributed by atoms with Crippen LogP contribution in [0.2, 0.25) is 0 Å². The molecular weight excluding hydrogens is 276 g/mol. The molecule has 0 spiro atoms. The molecule has 1 fully saturated rings. The van der Waals surface area contributed by atoms with Gasteiger partial charge in [-0.05, 0) is 45.9 Å². The molecule has 1 rings (SSSR count). The van der Waals surface area contributed by atoms with Gasteiger partial charge in [0, 0.05) is 33.2 Å². The van der Waals surface area contributed by atoms with Crippen molar-refractivity contribution in [1.29, 1.82) is 0 Å². The van der Waals surface area contributed by atoms with Gasteiger partial charge in [0.1, 0.15) is 0 Å². The second-order valence-corrected chi connectivity index (χ2v) is 7.74. The molecule has 1 heterocycles. The monoisotopic (exact) mass is 306 g/mol. The van der Waals surface area contributed by atoms with E-state index in [4.69, 9.17) is 0 Å². The number of nitrogens with one attached hydrogen (secondary N) is 1.